The van der Waals surface area contributed by atoms with E-state index in [1.54, 1.807) is 0 Å². The molecule has 1 fully saturated rings. The van der Waals surface area contributed by atoms with E-state index in [2.05, 4.69) is 48.7 Å². The van der Waals surface area contributed by atoms with Crippen LogP contribution in [0.2, 0.25) is 0 Å². The number of rotatable bonds is 3. The first kappa shape index (κ1) is 16.0. The highest BCUT2D eigenvalue weighted by Crippen LogP contribution is 2.45. The summed E-state index contributed by atoms with van der Waals surface area (Å²) in [6, 6.07) is 0. The molecule has 1 aromatic heterocycles. The Balaban J connectivity index is 2.25. The van der Waals surface area contributed by atoms with Crippen LogP contribution in [-0.2, 0) is 13.0 Å². The van der Waals surface area contributed by atoms with E-state index in [9.17, 15) is 5.11 Å². The van der Waals surface area contributed by atoms with Gasteiger partial charge >= 0.3 is 0 Å². The number of halogens is 1. The monoisotopic (exact) mass is 342 g/mol. The van der Waals surface area contributed by atoms with E-state index in [0.717, 1.165) is 41.7 Å². The van der Waals surface area contributed by atoms with E-state index in [0.29, 0.717) is 17.8 Å². The van der Waals surface area contributed by atoms with Gasteiger partial charge in [0, 0.05) is 13.0 Å². The SMILES string of the molecule is CCn1nc(C)c(Br)c1CC1(O)CCC(C)(C)CC1C. The third-order valence-corrected chi connectivity index (χ3v) is 5.97. The number of aryl methyl sites for hydroxylation is 2. The van der Waals surface area contributed by atoms with Crippen LogP contribution in [0.3, 0.4) is 0 Å². The van der Waals surface area contributed by atoms with Crippen molar-refractivity contribution < 1.29 is 5.11 Å². The largest absolute Gasteiger partial charge is 0.389 e. The maximum Gasteiger partial charge on any atom is 0.0738 e. The van der Waals surface area contributed by atoms with Crippen LogP contribution in [0.25, 0.3) is 0 Å². The zero-order valence-corrected chi connectivity index (χ0v) is 14.9. The lowest BCUT2D eigenvalue weighted by Crippen LogP contribution is -2.46. The van der Waals surface area contributed by atoms with Crippen molar-refractivity contribution in [2.75, 3.05) is 0 Å². The summed E-state index contributed by atoms with van der Waals surface area (Å²) in [7, 11) is 0. The quantitative estimate of drug-likeness (QED) is 0.898. The summed E-state index contributed by atoms with van der Waals surface area (Å²) in [5, 5.41) is 15.7. The lowest BCUT2D eigenvalue weighted by atomic mass is 9.64. The van der Waals surface area contributed by atoms with E-state index in [-0.39, 0.29) is 0 Å². The summed E-state index contributed by atoms with van der Waals surface area (Å²) in [4.78, 5) is 0. The molecule has 114 valence electrons. The first-order valence-electron chi connectivity index (χ1n) is 7.63. The van der Waals surface area contributed by atoms with Crippen LogP contribution in [0.4, 0.5) is 0 Å². The highest BCUT2D eigenvalue weighted by atomic mass is 79.9. The van der Waals surface area contributed by atoms with Crippen molar-refractivity contribution in [1.29, 1.82) is 0 Å². The van der Waals surface area contributed by atoms with Gasteiger partial charge in [0.1, 0.15) is 0 Å². The highest BCUT2D eigenvalue weighted by molar-refractivity contribution is 9.10. The third kappa shape index (κ3) is 2.96. The fourth-order valence-electron chi connectivity index (χ4n) is 3.51. The van der Waals surface area contributed by atoms with Gasteiger partial charge in [-0.2, -0.15) is 5.10 Å². The maximum absolute atomic E-state index is 11.1. The van der Waals surface area contributed by atoms with Crippen molar-refractivity contribution in [1.82, 2.24) is 9.78 Å². The minimum Gasteiger partial charge on any atom is -0.389 e. The van der Waals surface area contributed by atoms with Crippen LogP contribution < -0.4 is 0 Å². The Kier molecular flexibility index (Phi) is 4.37. The highest BCUT2D eigenvalue weighted by Gasteiger charge is 2.43. The number of nitrogens with zero attached hydrogens (tertiary/aromatic N) is 2. The van der Waals surface area contributed by atoms with Crippen molar-refractivity contribution in [2.45, 2.75) is 72.4 Å². The minimum absolute atomic E-state index is 0.318. The molecule has 0 spiro atoms. The van der Waals surface area contributed by atoms with Crippen LogP contribution in [0.1, 0.15) is 58.3 Å². The molecule has 1 saturated carbocycles. The average molecular weight is 343 g/mol. The van der Waals surface area contributed by atoms with Gasteiger partial charge in [-0.25, -0.2) is 0 Å². The predicted molar refractivity (Wildman–Crippen MR) is 85.8 cm³/mol. The molecule has 1 aromatic rings. The molecular weight excluding hydrogens is 316 g/mol. The normalized spacial score (nSPS) is 29.6. The Morgan fingerprint density at radius 2 is 2.05 bits per heavy atom. The van der Waals surface area contributed by atoms with E-state index < -0.39 is 5.60 Å². The van der Waals surface area contributed by atoms with Gasteiger partial charge in [-0.05, 0) is 60.4 Å². The minimum atomic E-state index is -0.600. The first-order chi connectivity index (χ1) is 9.18. The van der Waals surface area contributed by atoms with Crippen molar-refractivity contribution >= 4 is 15.9 Å². The van der Waals surface area contributed by atoms with Crippen molar-refractivity contribution in [3.63, 3.8) is 0 Å². The van der Waals surface area contributed by atoms with Gasteiger partial charge < -0.3 is 5.11 Å². The number of hydrogen-bond acceptors (Lipinski definition) is 2. The van der Waals surface area contributed by atoms with E-state index >= 15 is 0 Å². The molecule has 1 N–H and O–H groups in total. The summed E-state index contributed by atoms with van der Waals surface area (Å²) in [6.07, 6.45) is 3.74. The first-order valence-corrected chi connectivity index (χ1v) is 8.42. The van der Waals surface area contributed by atoms with Crippen LogP contribution in [0.15, 0.2) is 4.47 Å². The molecule has 2 unspecified atom stereocenters. The summed E-state index contributed by atoms with van der Waals surface area (Å²) < 4.78 is 3.08. The summed E-state index contributed by atoms with van der Waals surface area (Å²) in [6.45, 7) is 11.8. The standard InChI is InChI=1S/C16H27BrN2O/c1-6-19-13(14(17)12(3)18-19)10-16(20)8-7-15(4,5)9-11(16)2/h11,20H,6-10H2,1-5H3. The molecule has 20 heavy (non-hydrogen) atoms. The van der Waals surface area contributed by atoms with Gasteiger partial charge in [0.25, 0.3) is 0 Å². The molecule has 4 heteroatoms. The number of hydrogen-bond donors (Lipinski definition) is 1. The van der Waals surface area contributed by atoms with Crippen LogP contribution >= 0.6 is 15.9 Å². The number of aliphatic hydroxyl groups is 1. The zero-order valence-electron chi connectivity index (χ0n) is 13.3. The van der Waals surface area contributed by atoms with Crippen LogP contribution in [-0.4, -0.2) is 20.5 Å². The number of aromatic nitrogens is 2. The average Bonchev–Trinajstić information content (AvgIpc) is 2.62. The van der Waals surface area contributed by atoms with Crippen molar-refractivity contribution in [2.24, 2.45) is 11.3 Å². The topological polar surface area (TPSA) is 38.0 Å². The summed E-state index contributed by atoms with van der Waals surface area (Å²) in [5.74, 6) is 0.318. The Bertz CT molecular complexity index is 495. The third-order valence-electron chi connectivity index (χ3n) is 4.94. The molecule has 0 bridgehead atoms. The molecule has 0 radical (unpaired) electrons. The second-order valence-corrected chi connectivity index (χ2v) is 8.00. The molecule has 2 rings (SSSR count). The fraction of sp³-hybridized carbons (Fsp3) is 0.812. The van der Waals surface area contributed by atoms with E-state index in [4.69, 9.17) is 0 Å². The molecule has 0 aliphatic heterocycles. The van der Waals surface area contributed by atoms with Crippen molar-refractivity contribution in [3.8, 4) is 0 Å². The molecule has 2 atom stereocenters. The maximum atomic E-state index is 11.1. The van der Waals surface area contributed by atoms with Gasteiger partial charge in [-0.1, -0.05) is 20.8 Å². The lowest BCUT2D eigenvalue weighted by Gasteiger charge is -2.45. The fourth-order valence-corrected chi connectivity index (χ4v) is 3.94. The Hall–Kier alpha value is -0.350. The summed E-state index contributed by atoms with van der Waals surface area (Å²) in [5.41, 5.74) is 1.90. The van der Waals surface area contributed by atoms with E-state index in [1.165, 1.54) is 0 Å². The van der Waals surface area contributed by atoms with Crippen molar-refractivity contribution in [3.05, 3.63) is 15.9 Å². The summed E-state index contributed by atoms with van der Waals surface area (Å²) >= 11 is 3.64. The second-order valence-electron chi connectivity index (χ2n) is 7.21. The van der Waals surface area contributed by atoms with Gasteiger partial charge in [0.05, 0.1) is 21.5 Å². The van der Waals surface area contributed by atoms with E-state index in [1.807, 2.05) is 11.6 Å². The van der Waals surface area contributed by atoms with Gasteiger partial charge in [-0.3, -0.25) is 4.68 Å². The molecule has 1 heterocycles. The predicted octanol–water partition coefficient (Wildman–Crippen LogP) is 4.09. The molecule has 1 aliphatic rings. The molecule has 0 saturated heterocycles. The smallest absolute Gasteiger partial charge is 0.0738 e. The van der Waals surface area contributed by atoms with Crippen LogP contribution in [0.5, 0.6) is 0 Å². The van der Waals surface area contributed by atoms with Gasteiger partial charge in [0.2, 0.25) is 0 Å². The molecular formula is C16H27BrN2O. The van der Waals surface area contributed by atoms with Crippen LogP contribution in [0, 0.1) is 18.3 Å². The molecule has 3 nitrogen and oxygen atoms in total. The molecule has 1 aliphatic carbocycles. The Morgan fingerprint density at radius 1 is 1.40 bits per heavy atom. The molecule has 0 aromatic carbocycles. The lowest BCUT2D eigenvalue weighted by molar-refractivity contribution is -0.0716. The Labute approximate surface area is 130 Å². The Morgan fingerprint density at radius 3 is 2.60 bits per heavy atom. The zero-order chi connectivity index (χ0) is 15.1. The van der Waals surface area contributed by atoms with Gasteiger partial charge in [-0.15, -0.1) is 0 Å². The second kappa shape index (κ2) is 5.45. The van der Waals surface area contributed by atoms with Gasteiger partial charge in [0.15, 0.2) is 0 Å². The molecule has 0 amide bonds.